The fourth-order valence-electron chi connectivity index (χ4n) is 3.47. The zero-order valence-electron chi connectivity index (χ0n) is 9.90. The van der Waals surface area contributed by atoms with Crippen molar-refractivity contribution < 1.29 is 0 Å². The largest absolute Gasteiger partial charge is 0.0651 e. The molecule has 1 aliphatic rings. The van der Waals surface area contributed by atoms with E-state index in [1.165, 1.54) is 38.5 Å². The lowest BCUT2D eigenvalue weighted by Gasteiger charge is -2.37. The van der Waals surface area contributed by atoms with Gasteiger partial charge in [-0.05, 0) is 30.1 Å². The maximum Gasteiger partial charge on any atom is -0.0272 e. The molecule has 0 aromatic rings. The highest BCUT2D eigenvalue weighted by molar-refractivity contribution is 4.91. The highest BCUT2D eigenvalue weighted by atomic mass is 14.5. The summed E-state index contributed by atoms with van der Waals surface area (Å²) in [5.41, 5.74) is 0.718. The minimum atomic E-state index is 0.718. The lowest BCUT2D eigenvalue weighted by Crippen LogP contribution is -2.28. The van der Waals surface area contributed by atoms with Crippen LogP contribution < -0.4 is 0 Å². The molecule has 0 aliphatic heterocycles. The average Bonchev–Trinajstić information content (AvgIpc) is 2.60. The van der Waals surface area contributed by atoms with Gasteiger partial charge in [-0.15, -0.1) is 0 Å². The van der Waals surface area contributed by atoms with Crippen LogP contribution in [0.3, 0.4) is 0 Å². The van der Waals surface area contributed by atoms with E-state index in [1.54, 1.807) is 0 Å². The van der Waals surface area contributed by atoms with E-state index >= 15 is 0 Å². The molecule has 0 amide bonds. The van der Waals surface area contributed by atoms with Crippen molar-refractivity contribution in [3.05, 3.63) is 0 Å². The van der Waals surface area contributed by atoms with Gasteiger partial charge in [0.2, 0.25) is 0 Å². The van der Waals surface area contributed by atoms with Gasteiger partial charge in [-0.2, -0.15) is 0 Å². The van der Waals surface area contributed by atoms with E-state index in [0.717, 1.165) is 17.3 Å². The minimum Gasteiger partial charge on any atom is -0.0651 e. The summed E-state index contributed by atoms with van der Waals surface area (Å²) in [5, 5.41) is 0. The molecule has 0 bridgehead atoms. The first kappa shape index (κ1) is 11.1. The summed E-state index contributed by atoms with van der Waals surface area (Å²) in [5.74, 6) is 1.97. The molecule has 1 rings (SSSR count). The molecule has 0 aromatic carbocycles. The number of rotatable bonds is 4. The second kappa shape index (κ2) is 4.48. The molecule has 1 saturated carbocycles. The molecule has 78 valence electrons. The lowest BCUT2D eigenvalue weighted by molar-refractivity contribution is 0.127. The van der Waals surface area contributed by atoms with Gasteiger partial charge in [0.15, 0.2) is 0 Å². The van der Waals surface area contributed by atoms with Crippen LogP contribution in [-0.2, 0) is 0 Å². The quantitative estimate of drug-likeness (QED) is 0.594. The Kier molecular flexibility index (Phi) is 3.82. The van der Waals surface area contributed by atoms with Gasteiger partial charge in [-0.1, -0.05) is 53.4 Å². The van der Waals surface area contributed by atoms with Gasteiger partial charge in [0.1, 0.15) is 0 Å². The number of hydrogen-bond donors (Lipinski definition) is 0. The van der Waals surface area contributed by atoms with Gasteiger partial charge in [0.05, 0.1) is 0 Å². The Morgan fingerprint density at radius 2 is 1.85 bits per heavy atom. The molecule has 0 heteroatoms. The van der Waals surface area contributed by atoms with Crippen LogP contribution in [0.25, 0.3) is 0 Å². The van der Waals surface area contributed by atoms with Crippen molar-refractivity contribution in [2.75, 3.05) is 0 Å². The molecule has 0 radical (unpaired) electrons. The van der Waals surface area contributed by atoms with E-state index in [0.29, 0.717) is 0 Å². The van der Waals surface area contributed by atoms with Crippen molar-refractivity contribution in [1.82, 2.24) is 0 Å². The van der Waals surface area contributed by atoms with E-state index < -0.39 is 0 Å². The van der Waals surface area contributed by atoms with Gasteiger partial charge in [-0.25, -0.2) is 0 Å². The van der Waals surface area contributed by atoms with E-state index in [9.17, 15) is 0 Å². The van der Waals surface area contributed by atoms with Crippen molar-refractivity contribution in [3.8, 4) is 0 Å². The smallest absolute Gasteiger partial charge is 0.0272 e. The van der Waals surface area contributed by atoms with E-state index in [4.69, 9.17) is 0 Å². The van der Waals surface area contributed by atoms with Crippen LogP contribution in [0.2, 0.25) is 0 Å². The van der Waals surface area contributed by atoms with Gasteiger partial charge >= 0.3 is 0 Å². The Morgan fingerprint density at radius 3 is 2.31 bits per heavy atom. The maximum absolute atomic E-state index is 2.45. The second-order valence-electron chi connectivity index (χ2n) is 4.95. The number of hydrogen-bond acceptors (Lipinski definition) is 0. The van der Waals surface area contributed by atoms with Crippen LogP contribution in [0.5, 0.6) is 0 Å². The molecule has 0 N–H and O–H groups in total. The Labute approximate surface area is 84.1 Å². The molecule has 0 spiro atoms. The van der Waals surface area contributed by atoms with E-state index in [1.807, 2.05) is 0 Å². The Hall–Kier alpha value is 0. The topological polar surface area (TPSA) is 0 Å². The molecule has 2 atom stereocenters. The van der Waals surface area contributed by atoms with Crippen LogP contribution in [0.15, 0.2) is 0 Å². The van der Waals surface area contributed by atoms with Crippen molar-refractivity contribution >= 4 is 0 Å². The lowest BCUT2D eigenvalue weighted by atomic mass is 9.68. The van der Waals surface area contributed by atoms with Crippen molar-refractivity contribution in [2.45, 2.75) is 66.2 Å². The molecular weight excluding hydrogens is 156 g/mol. The molecular formula is C13H26. The summed E-state index contributed by atoms with van der Waals surface area (Å²) in [4.78, 5) is 0. The normalized spacial score (nSPS) is 29.1. The first-order chi connectivity index (χ1) is 6.20. The van der Waals surface area contributed by atoms with Crippen LogP contribution in [-0.4, -0.2) is 0 Å². The van der Waals surface area contributed by atoms with Crippen molar-refractivity contribution in [3.63, 3.8) is 0 Å². The maximum atomic E-state index is 2.45. The Bertz CT molecular complexity index is 144. The van der Waals surface area contributed by atoms with Crippen LogP contribution in [0.1, 0.15) is 66.2 Å². The summed E-state index contributed by atoms with van der Waals surface area (Å²) in [6.45, 7) is 9.59. The molecule has 1 aliphatic carbocycles. The van der Waals surface area contributed by atoms with Crippen LogP contribution >= 0.6 is 0 Å². The van der Waals surface area contributed by atoms with E-state index in [2.05, 4.69) is 27.7 Å². The summed E-state index contributed by atoms with van der Waals surface area (Å²) in [6, 6.07) is 0. The molecule has 1 fully saturated rings. The third-order valence-corrected chi connectivity index (χ3v) is 4.72. The van der Waals surface area contributed by atoms with Crippen LogP contribution in [0, 0.1) is 17.3 Å². The first-order valence-electron chi connectivity index (χ1n) is 6.20. The summed E-state index contributed by atoms with van der Waals surface area (Å²) >= 11 is 0. The summed E-state index contributed by atoms with van der Waals surface area (Å²) in [7, 11) is 0. The Balaban J connectivity index is 2.71. The highest BCUT2D eigenvalue weighted by Crippen LogP contribution is 2.52. The highest BCUT2D eigenvalue weighted by Gasteiger charge is 2.41. The van der Waals surface area contributed by atoms with Gasteiger partial charge < -0.3 is 0 Å². The predicted molar refractivity (Wildman–Crippen MR) is 59.8 cm³/mol. The first-order valence-corrected chi connectivity index (χ1v) is 6.20. The van der Waals surface area contributed by atoms with Crippen molar-refractivity contribution in [2.24, 2.45) is 17.3 Å². The zero-order chi connectivity index (χ0) is 9.90. The third kappa shape index (κ3) is 1.92. The summed E-state index contributed by atoms with van der Waals surface area (Å²) in [6.07, 6.45) is 8.64. The minimum absolute atomic E-state index is 0.718. The Morgan fingerprint density at radius 1 is 1.23 bits per heavy atom. The zero-order valence-corrected chi connectivity index (χ0v) is 9.90. The fourth-order valence-corrected chi connectivity index (χ4v) is 3.47. The second-order valence-corrected chi connectivity index (χ2v) is 4.95. The molecule has 0 aromatic heterocycles. The molecule has 2 unspecified atom stereocenters. The van der Waals surface area contributed by atoms with Gasteiger partial charge in [-0.3, -0.25) is 0 Å². The fraction of sp³-hybridized carbons (Fsp3) is 1.00. The van der Waals surface area contributed by atoms with Gasteiger partial charge in [0.25, 0.3) is 0 Å². The monoisotopic (exact) mass is 182 g/mol. The van der Waals surface area contributed by atoms with Crippen molar-refractivity contribution in [1.29, 1.82) is 0 Å². The summed E-state index contributed by atoms with van der Waals surface area (Å²) < 4.78 is 0. The molecule has 0 nitrogen and oxygen atoms in total. The molecule has 0 heterocycles. The molecule has 13 heavy (non-hydrogen) atoms. The van der Waals surface area contributed by atoms with Crippen LogP contribution in [0.4, 0.5) is 0 Å². The standard InChI is InChI=1S/C13H26/c1-5-11(4)12-9-8-10-13(12,6-2)7-3/h11-12H,5-10H2,1-4H3. The molecule has 0 saturated heterocycles. The average molecular weight is 182 g/mol. The van der Waals surface area contributed by atoms with Gasteiger partial charge in [0, 0.05) is 0 Å². The SMILES string of the molecule is CCC(C)C1CCCC1(CC)CC. The van der Waals surface area contributed by atoms with E-state index in [-0.39, 0.29) is 0 Å². The third-order valence-electron chi connectivity index (χ3n) is 4.72. The predicted octanol–water partition coefficient (Wildman–Crippen LogP) is 4.64.